The van der Waals surface area contributed by atoms with Gasteiger partial charge < -0.3 is 4.98 Å². The van der Waals surface area contributed by atoms with Crippen LogP contribution in [0.1, 0.15) is 0 Å². The second-order valence-electron chi connectivity index (χ2n) is 3.27. The lowest BCUT2D eigenvalue weighted by atomic mass is 10.2. The van der Waals surface area contributed by atoms with Crippen LogP contribution in [0.4, 0.5) is 0 Å². The summed E-state index contributed by atoms with van der Waals surface area (Å²) in [6, 6.07) is 15.7. The van der Waals surface area contributed by atoms with Crippen LogP contribution in [0.15, 0.2) is 40.9 Å². The molecular weight excluding hydrogens is 238 g/mol. The molecule has 0 aliphatic rings. The minimum Gasteiger partial charge on any atom is -0.354 e. The molecule has 0 bridgehead atoms. The molecule has 0 aliphatic heterocycles. The zero-order chi connectivity index (χ0) is 9.54. The molecule has 1 N–H and O–H groups in total. The zero-order valence-electron chi connectivity index (χ0n) is 7.34. The van der Waals surface area contributed by atoms with E-state index in [2.05, 4.69) is 51.2 Å². The predicted octanol–water partition coefficient (Wildman–Crippen LogP) is 3.88. The molecule has 1 radical (unpaired) electrons. The number of rotatable bonds is 0. The van der Waals surface area contributed by atoms with Crippen molar-refractivity contribution in [2.75, 3.05) is 0 Å². The van der Waals surface area contributed by atoms with Crippen molar-refractivity contribution < 1.29 is 0 Å². The number of halogens is 1. The van der Waals surface area contributed by atoms with Gasteiger partial charge in [0.2, 0.25) is 0 Å². The molecule has 1 heterocycles. The molecule has 67 valence electrons. The van der Waals surface area contributed by atoms with E-state index in [1.807, 2.05) is 12.1 Å². The van der Waals surface area contributed by atoms with Gasteiger partial charge in [0, 0.05) is 26.8 Å². The van der Waals surface area contributed by atoms with E-state index in [0.29, 0.717) is 0 Å². The molecular formula is C12H7BrN. The van der Waals surface area contributed by atoms with Gasteiger partial charge in [-0.25, -0.2) is 0 Å². The van der Waals surface area contributed by atoms with Crippen LogP contribution in [0.2, 0.25) is 0 Å². The normalized spacial score (nSPS) is 11.2. The number of H-pyrrole nitrogens is 1. The Morgan fingerprint density at radius 1 is 1.00 bits per heavy atom. The second kappa shape index (κ2) is 2.85. The lowest BCUT2D eigenvalue weighted by Crippen LogP contribution is -1.67. The summed E-state index contributed by atoms with van der Waals surface area (Å²) >= 11 is 3.41. The number of hydrogen-bond acceptors (Lipinski definition) is 0. The van der Waals surface area contributed by atoms with Gasteiger partial charge in [0.05, 0.1) is 5.52 Å². The number of benzene rings is 2. The maximum absolute atomic E-state index is 3.41. The topological polar surface area (TPSA) is 15.8 Å². The van der Waals surface area contributed by atoms with E-state index in [1.165, 1.54) is 10.8 Å². The summed E-state index contributed by atoms with van der Waals surface area (Å²) < 4.78 is 0.983. The molecule has 0 amide bonds. The number of aromatic nitrogens is 1. The fourth-order valence-corrected chi connectivity index (χ4v) is 2.08. The van der Waals surface area contributed by atoms with E-state index >= 15 is 0 Å². The van der Waals surface area contributed by atoms with Gasteiger partial charge in [-0.2, -0.15) is 0 Å². The summed E-state index contributed by atoms with van der Waals surface area (Å²) in [5, 5.41) is 2.48. The molecule has 2 heteroatoms. The molecule has 14 heavy (non-hydrogen) atoms. The van der Waals surface area contributed by atoms with Crippen molar-refractivity contribution in [1.29, 1.82) is 0 Å². The summed E-state index contributed by atoms with van der Waals surface area (Å²) in [4.78, 5) is 3.33. The molecule has 0 unspecified atom stereocenters. The third-order valence-electron chi connectivity index (χ3n) is 2.39. The fourth-order valence-electron chi connectivity index (χ4n) is 1.75. The average molecular weight is 245 g/mol. The molecule has 0 saturated carbocycles. The van der Waals surface area contributed by atoms with Crippen molar-refractivity contribution in [3.8, 4) is 0 Å². The number of nitrogens with one attached hydrogen (secondary N) is 1. The Balaban J connectivity index is 2.57. The van der Waals surface area contributed by atoms with Gasteiger partial charge in [-0.15, -0.1) is 0 Å². The van der Waals surface area contributed by atoms with Gasteiger partial charge in [-0.3, -0.25) is 0 Å². The Morgan fingerprint density at radius 2 is 1.86 bits per heavy atom. The fraction of sp³-hybridized carbons (Fsp3) is 0. The van der Waals surface area contributed by atoms with Crippen molar-refractivity contribution in [1.82, 2.24) is 4.98 Å². The molecule has 2 aromatic carbocycles. The van der Waals surface area contributed by atoms with Crippen molar-refractivity contribution in [2.24, 2.45) is 0 Å². The first kappa shape index (κ1) is 8.06. The van der Waals surface area contributed by atoms with Gasteiger partial charge in [0.25, 0.3) is 0 Å². The predicted molar refractivity (Wildman–Crippen MR) is 62.3 cm³/mol. The maximum atomic E-state index is 3.41. The zero-order valence-corrected chi connectivity index (χ0v) is 8.93. The van der Waals surface area contributed by atoms with Gasteiger partial charge in [0.1, 0.15) is 0 Å². The molecule has 0 saturated heterocycles. The number of hydrogen-bond donors (Lipinski definition) is 1. The maximum Gasteiger partial charge on any atom is 0.0557 e. The van der Waals surface area contributed by atoms with Crippen LogP contribution in [0.25, 0.3) is 21.8 Å². The second-order valence-corrected chi connectivity index (χ2v) is 4.12. The van der Waals surface area contributed by atoms with E-state index < -0.39 is 0 Å². The third kappa shape index (κ3) is 1.07. The van der Waals surface area contributed by atoms with E-state index in [1.54, 1.807) is 0 Å². The first-order valence-electron chi connectivity index (χ1n) is 4.43. The van der Waals surface area contributed by atoms with Crippen LogP contribution < -0.4 is 0 Å². The van der Waals surface area contributed by atoms with Crippen LogP contribution in [-0.4, -0.2) is 4.98 Å². The molecule has 0 fully saturated rings. The Kier molecular flexibility index (Phi) is 1.64. The van der Waals surface area contributed by atoms with Crippen molar-refractivity contribution in [2.45, 2.75) is 0 Å². The number of para-hydroxylation sites is 1. The highest BCUT2D eigenvalue weighted by Crippen LogP contribution is 2.26. The monoisotopic (exact) mass is 244 g/mol. The number of fused-ring (bicyclic) bond motifs is 3. The summed E-state index contributed by atoms with van der Waals surface area (Å²) in [5.41, 5.74) is 2.22. The number of aromatic amines is 1. The molecule has 0 spiro atoms. The Labute approximate surface area is 89.9 Å². The smallest absolute Gasteiger partial charge is 0.0557 e. The molecule has 3 aromatic rings. The van der Waals surface area contributed by atoms with E-state index in [4.69, 9.17) is 0 Å². The van der Waals surface area contributed by atoms with E-state index in [0.717, 1.165) is 15.5 Å². The minimum absolute atomic E-state index is 0.983. The minimum atomic E-state index is 0.983. The first-order valence-corrected chi connectivity index (χ1v) is 5.22. The quantitative estimate of drug-likeness (QED) is 0.618. The lowest BCUT2D eigenvalue weighted by Gasteiger charge is -1.90. The molecule has 1 aromatic heterocycles. The van der Waals surface area contributed by atoms with Crippen molar-refractivity contribution >= 4 is 37.7 Å². The van der Waals surface area contributed by atoms with Crippen LogP contribution in [0.3, 0.4) is 0 Å². The highest BCUT2D eigenvalue weighted by Gasteiger charge is 2.02. The summed E-state index contributed by atoms with van der Waals surface area (Å²) in [6.07, 6.45) is 0. The molecule has 0 atom stereocenters. The molecule has 3 rings (SSSR count). The van der Waals surface area contributed by atoms with E-state index in [-0.39, 0.29) is 0 Å². The molecule has 1 nitrogen and oxygen atoms in total. The van der Waals surface area contributed by atoms with Gasteiger partial charge in [-0.05, 0) is 12.1 Å². The van der Waals surface area contributed by atoms with Gasteiger partial charge in [0.15, 0.2) is 0 Å². The lowest BCUT2D eigenvalue weighted by molar-refractivity contribution is 1.53. The van der Waals surface area contributed by atoms with Crippen LogP contribution >= 0.6 is 15.9 Å². The SMILES string of the molecule is Brc1[c]c2[nH]c3ccccc3c2cc1. The Bertz CT molecular complexity index is 610. The largest absolute Gasteiger partial charge is 0.354 e. The van der Waals surface area contributed by atoms with Gasteiger partial charge in [-0.1, -0.05) is 40.2 Å². The highest BCUT2D eigenvalue weighted by molar-refractivity contribution is 9.10. The van der Waals surface area contributed by atoms with Crippen molar-refractivity contribution in [3.63, 3.8) is 0 Å². The molecule has 0 aliphatic carbocycles. The third-order valence-corrected chi connectivity index (χ3v) is 2.85. The van der Waals surface area contributed by atoms with Gasteiger partial charge >= 0.3 is 0 Å². The van der Waals surface area contributed by atoms with E-state index in [9.17, 15) is 0 Å². The average Bonchev–Trinajstić information content (AvgIpc) is 2.54. The Hall–Kier alpha value is -1.28. The summed E-state index contributed by atoms with van der Waals surface area (Å²) in [6.45, 7) is 0. The first-order chi connectivity index (χ1) is 6.84. The summed E-state index contributed by atoms with van der Waals surface area (Å²) in [7, 11) is 0. The van der Waals surface area contributed by atoms with Crippen LogP contribution in [0, 0.1) is 6.07 Å². The summed E-state index contributed by atoms with van der Waals surface area (Å²) in [5.74, 6) is 0. The van der Waals surface area contributed by atoms with Crippen LogP contribution in [-0.2, 0) is 0 Å². The van der Waals surface area contributed by atoms with Crippen molar-refractivity contribution in [3.05, 3.63) is 46.9 Å². The van der Waals surface area contributed by atoms with Crippen LogP contribution in [0.5, 0.6) is 0 Å². The Morgan fingerprint density at radius 3 is 2.79 bits per heavy atom. The highest BCUT2D eigenvalue weighted by atomic mass is 79.9. The standard InChI is InChI=1S/C12H7BrN/c13-8-5-6-10-9-3-1-2-4-11(9)14-12(10)7-8/h1-6,14H.